The second-order valence-electron chi connectivity index (χ2n) is 34.5. The number of hydrogen-bond acceptors (Lipinski definition) is 5. The molecule has 5 aliphatic heterocycles. The number of anilines is 5. The maximum absolute atomic E-state index is 2.56. The zero-order chi connectivity index (χ0) is 95.5. The first-order chi connectivity index (χ1) is 65.5. The summed E-state index contributed by atoms with van der Waals surface area (Å²) >= 11 is 0. The summed E-state index contributed by atoms with van der Waals surface area (Å²) in [5, 5.41) is 13.6. The quantitative estimate of drug-likeness (QED) is 0.170. The number of hydrogen-bond donors (Lipinski definition) is 0. The molecule has 0 unspecified atom stereocenters. The molecule has 5 aliphatic carbocycles. The van der Waals surface area contributed by atoms with Crippen LogP contribution in [-0.4, -0.2) is 65.4 Å². The lowest BCUT2D eigenvalue weighted by molar-refractivity contribution is 0.865. The molecule has 0 fully saturated rings. The lowest BCUT2D eigenvalue weighted by Gasteiger charge is -2.20. The molecule has 0 amide bonds. The Kier molecular flexibility index (Phi) is 46.8. The van der Waals surface area contributed by atoms with Gasteiger partial charge in [-0.05, 0) is 328 Å². The minimum absolute atomic E-state index is 0. The van der Waals surface area contributed by atoms with Crippen molar-refractivity contribution in [2.75, 3.05) is 89.9 Å². The Labute approximate surface area is 842 Å². The number of nitrogens with zero attached hydrogens (tertiary/aromatic N) is 5. The molecular formula is C133H181N5. The summed E-state index contributed by atoms with van der Waals surface area (Å²) in [4.78, 5) is 12.6. The average Bonchev–Trinajstić information content (AvgIpc) is 2.15. The summed E-state index contributed by atoms with van der Waals surface area (Å²) < 4.78 is 0. The van der Waals surface area contributed by atoms with E-state index in [1.165, 1.54) is 289 Å². The second-order valence-corrected chi connectivity index (χ2v) is 34.5. The predicted molar refractivity (Wildman–Crippen MR) is 630 cm³/mol. The number of likely N-dealkylation sites (N-methyl/N-ethyl adjacent to an activating group) is 5. The van der Waals surface area contributed by atoms with Crippen molar-refractivity contribution in [1.29, 1.82) is 0 Å². The number of rotatable bonds is 5. The highest BCUT2D eigenvalue weighted by Crippen LogP contribution is 2.52. The van der Waals surface area contributed by atoms with Gasteiger partial charge in [0.15, 0.2) is 0 Å². The first kappa shape index (κ1) is 115. The molecule has 5 nitrogen and oxygen atoms in total. The van der Waals surface area contributed by atoms with E-state index in [9.17, 15) is 0 Å². The van der Waals surface area contributed by atoms with E-state index >= 15 is 0 Å². The van der Waals surface area contributed by atoms with Crippen LogP contribution in [0.2, 0.25) is 0 Å². The fourth-order valence-electron chi connectivity index (χ4n) is 21.2. The van der Waals surface area contributed by atoms with Crippen LogP contribution in [0.4, 0.5) is 28.4 Å². The van der Waals surface area contributed by atoms with Crippen molar-refractivity contribution in [3.63, 3.8) is 0 Å². The summed E-state index contributed by atoms with van der Waals surface area (Å²) in [7, 11) is 0. The highest BCUT2D eigenvalue weighted by atomic mass is 15.2. The van der Waals surface area contributed by atoms with Gasteiger partial charge in [-0.2, -0.15) is 0 Å². The summed E-state index contributed by atoms with van der Waals surface area (Å²) in [6.07, 6.45) is 15.2. The minimum atomic E-state index is 0. The topological polar surface area (TPSA) is 16.2 Å². The van der Waals surface area contributed by atoms with Gasteiger partial charge in [-0.1, -0.05) is 389 Å². The minimum Gasteiger partial charge on any atom is -0.371 e. The number of benzene rings is 15. The molecule has 0 saturated carbocycles. The van der Waals surface area contributed by atoms with Crippen LogP contribution in [0.1, 0.15) is 313 Å². The molecule has 0 atom stereocenters. The molecule has 0 N–H and O–H groups in total. The van der Waals surface area contributed by atoms with Crippen LogP contribution in [0, 0.1) is 0 Å². The maximum Gasteiger partial charge on any atom is 0.0482 e. The van der Waals surface area contributed by atoms with Gasteiger partial charge in [0, 0.05) is 106 Å². The van der Waals surface area contributed by atoms with Gasteiger partial charge in [0.1, 0.15) is 0 Å². The third-order valence-corrected chi connectivity index (χ3v) is 26.7. The summed E-state index contributed by atoms with van der Waals surface area (Å²) in [5.41, 5.74) is 44.9. The first-order valence-corrected chi connectivity index (χ1v) is 52.6. The molecular weight excluding hydrogens is 1670 g/mol. The smallest absolute Gasteiger partial charge is 0.0482 e. The van der Waals surface area contributed by atoms with E-state index in [0.717, 1.165) is 64.8 Å². The summed E-state index contributed by atoms with van der Waals surface area (Å²) in [6, 6.07) is 91.3. The third kappa shape index (κ3) is 23.8. The maximum atomic E-state index is 2.56. The zero-order valence-electron chi connectivity index (χ0n) is 86.6. The van der Waals surface area contributed by atoms with Crippen molar-refractivity contribution in [1.82, 2.24) is 0 Å². The van der Waals surface area contributed by atoms with Gasteiger partial charge < -0.3 is 24.5 Å². The molecule has 0 aromatic heterocycles. The highest BCUT2D eigenvalue weighted by molar-refractivity contribution is 6.03. The van der Waals surface area contributed by atoms with Gasteiger partial charge in [-0.3, -0.25) is 0 Å². The van der Waals surface area contributed by atoms with Gasteiger partial charge in [0.2, 0.25) is 0 Å². The van der Waals surface area contributed by atoms with E-state index in [2.05, 4.69) is 343 Å². The van der Waals surface area contributed by atoms with Crippen molar-refractivity contribution in [3.8, 4) is 55.6 Å². The summed E-state index contributed by atoms with van der Waals surface area (Å²) in [5.74, 6) is 0. The van der Waals surface area contributed by atoms with Crippen molar-refractivity contribution in [3.05, 3.63) is 326 Å². The van der Waals surface area contributed by atoms with Crippen LogP contribution in [-0.2, 0) is 64.2 Å². The van der Waals surface area contributed by atoms with Crippen LogP contribution >= 0.6 is 0 Å². The van der Waals surface area contributed by atoms with Crippen molar-refractivity contribution >= 4 is 82.3 Å². The first-order valence-electron chi connectivity index (χ1n) is 52.6. The Morgan fingerprint density at radius 3 is 0.964 bits per heavy atom. The fourth-order valence-corrected chi connectivity index (χ4v) is 21.2. The Hall–Kier alpha value is -11.4. The van der Waals surface area contributed by atoms with Gasteiger partial charge in [0.25, 0.3) is 0 Å². The molecule has 138 heavy (non-hydrogen) atoms. The van der Waals surface area contributed by atoms with Crippen LogP contribution in [0.3, 0.4) is 0 Å². The van der Waals surface area contributed by atoms with Gasteiger partial charge in [-0.25, -0.2) is 0 Å². The molecule has 0 radical (unpaired) electrons. The molecule has 0 spiro atoms. The lowest BCUT2D eigenvalue weighted by Crippen LogP contribution is -2.20. The Morgan fingerprint density at radius 1 is 0.188 bits per heavy atom. The zero-order valence-corrected chi connectivity index (χ0v) is 86.6. The monoisotopic (exact) mass is 1850 g/mol. The molecule has 25 rings (SSSR count). The second kappa shape index (κ2) is 56.0. The highest BCUT2D eigenvalue weighted by Gasteiger charge is 2.34. The molecule has 15 aromatic carbocycles. The largest absolute Gasteiger partial charge is 0.371 e. The van der Waals surface area contributed by atoms with Crippen LogP contribution in [0.15, 0.2) is 243 Å². The van der Waals surface area contributed by atoms with Crippen LogP contribution in [0.25, 0.3) is 109 Å². The van der Waals surface area contributed by atoms with Gasteiger partial charge in [0.05, 0.1) is 0 Å². The van der Waals surface area contributed by atoms with Crippen molar-refractivity contribution in [2.45, 2.75) is 294 Å². The van der Waals surface area contributed by atoms with Crippen molar-refractivity contribution in [2.24, 2.45) is 0 Å². The van der Waals surface area contributed by atoms with Gasteiger partial charge >= 0.3 is 0 Å². The van der Waals surface area contributed by atoms with Crippen LogP contribution in [0.5, 0.6) is 0 Å². The average molecular weight is 1850 g/mol. The van der Waals surface area contributed by atoms with Crippen molar-refractivity contribution < 1.29 is 0 Å². The molecule has 0 saturated heterocycles. The Balaban J connectivity index is 0.000000249. The SMILES string of the molecule is C.C.C.C.C.CC.CC.CC.CC.CC.CC.CC.CCC.CCC.CCC.CCN1CCc2c1ccc1c2Cc2ccc3ccccc3c2-1.CCN1CCc2cc3c(cc21)-c1cc2ccccc2cc1C3.CCN1CCc2cc3c(cc21)Cc1cc2ccccc2cc1-3.CCN1CCc2ccc3c(c21)-c1cc2ccccc2cc1C3.CCN1CCc2ccc3c(c21)Cc1cc2ccccc2cc1-3. The predicted octanol–water partition coefficient (Wildman–Crippen LogP) is 38.6. The van der Waals surface area contributed by atoms with Crippen LogP contribution < -0.4 is 24.5 Å². The van der Waals surface area contributed by atoms with E-state index < -0.39 is 0 Å². The lowest BCUT2D eigenvalue weighted by atomic mass is 9.96. The van der Waals surface area contributed by atoms with E-state index in [4.69, 9.17) is 0 Å². The molecule has 738 valence electrons. The molecule has 5 heteroatoms. The number of fused-ring (bicyclic) bond motifs is 29. The fraction of sp³-hybridized carbons (Fsp3) is 0.398. The normalized spacial score (nSPS) is 12.7. The molecule has 15 aromatic rings. The van der Waals surface area contributed by atoms with E-state index in [0.29, 0.717) is 0 Å². The standard InChI is InChI=1S/5C21H19N.3C3H8.7C2H6.5CH4/c1-2-22-8-7-16-10-18-11-17-9-14-5-3-4-6-15(14)12-19(17)20(18)13-21(16)22;1-2-22-8-7-16-12-20-18(13-21(16)22)10-17-9-14-5-3-4-6-15(14)11-19(17)20;1-2-22-10-9-14-7-8-17-12-18-11-15-5-3-4-6-16(15)13-19(18)20(17)21(14)22;1-2-22-10-9-14-7-8-18-19-12-16-6-4-3-5-15(16)11-17(19)13-20(18)21(14)22;1-2-22-12-11-17-19-13-15-8-7-14-5-3-4-6-16(14)21(15)18(19)9-10-20(17)22;3*1-3-2;7*1-2;;;;;/h3-6,9-10,12-13H,2,7-8,11H2,1H3;3-6,9,11-13H,2,7-8,10H2,1H3;3-8,11,13H,2,9-10,12H2,1H3;3-8,11-12H,2,9-10,13H2,1H3;3-10H,2,11-13H2,1H3;3*3H2,1-2H3;7*1-2H3;5*1H4. The van der Waals surface area contributed by atoms with E-state index in [-0.39, 0.29) is 37.1 Å². The molecule has 10 aliphatic rings. The molecule has 5 heterocycles. The Bertz CT molecular complexity index is 6340. The van der Waals surface area contributed by atoms with E-state index in [1.807, 2.05) is 96.9 Å². The Morgan fingerprint density at radius 2 is 0.486 bits per heavy atom. The third-order valence-electron chi connectivity index (χ3n) is 26.7. The molecule has 0 bridgehead atoms. The van der Waals surface area contributed by atoms with Gasteiger partial charge in [-0.15, -0.1) is 0 Å². The van der Waals surface area contributed by atoms with E-state index in [1.54, 1.807) is 16.7 Å². The summed E-state index contributed by atoms with van der Waals surface area (Å²) in [6.45, 7) is 63.5.